The van der Waals surface area contributed by atoms with Gasteiger partial charge in [0.2, 0.25) is 0 Å². The van der Waals surface area contributed by atoms with Crippen LogP contribution in [0.5, 0.6) is 0 Å². The maximum absolute atomic E-state index is 5.88. The van der Waals surface area contributed by atoms with Gasteiger partial charge in [-0.25, -0.2) is 0 Å². The van der Waals surface area contributed by atoms with E-state index in [0.717, 1.165) is 11.3 Å². The van der Waals surface area contributed by atoms with Crippen molar-refractivity contribution in [3.63, 3.8) is 0 Å². The Bertz CT molecular complexity index is 498. The minimum atomic E-state index is 0.0666. The summed E-state index contributed by atoms with van der Waals surface area (Å²) in [6, 6.07) is 8.39. The molecule has 1 aromatic heterocycles. The molecule has 0 aliphatic rings. The summed E-state index contributed by atoms with van der Waals surface area (Å²) in [5.41, 5.74) is 10.4. The fourth-order valence-corrected chi connectivity index (χ4v) is 1.87. The van der Waals surface area contributed by atoms with Crippen molar-refractivity contribution in [2.24, 2.45) is 12.8 Å². The maximum Gasteiger partial charge on any atom is 0.0671 e. The van der Waals surface area contributed by atoms with E-state index in [4.69, 9.17) is 5.73 Å². The molecule has 0 aliphatic heterocycles. The lowest BCUT2D eigenvalue weighted by atomic mass is 10.0. The molecule has 1 heterocycles. The van der Waals surface area contributed by atoms with Crippen LogP contribution in [0.15, 0.2) is 30.5 Å². The Hall–Kier alpha value is -1.61. The van der Waals surface area contributed by atoms with Gasteiger partial charge < -0.3 is 5.73 Å². The summed E-state index contributed by atoms with van der Waals surface area (Å²) in [6.45, 7) is 4.02. The van der Waals surface area contributed by atoms with Gasteiger partial charge in [-0.15, -0.1) is 0 Å². The first-order chi connectivity index (χ1) is 7.58. The zero-order valence-corrected chi connectivity index (χ0v) is 9.94. The van der Waals surface area contributed by atoms with E-state index < -0.39 is 0 Å². The molecule has 1 unspecified atom stereocenters. The molecule has 0 bridgehead atoms. The number of nitrogens with zero attached hydrogens (tertiary/aromatic N) is 2. The summed E-state index contributed by atoms with van der Waals surface area (Å²) < 4.78 is 1.84. The number of benzene rings is 1. The average Bonchev–Trinajstić information content (AvgIpc) is 2.58. The molecular weight excluding hydrogens is 198 g/mol. The first-order valence-corrected chi connectivity index (χ1v) is 5.44. The van der Waals surface area contributed by atoms with Crippen LogP contribution in [0, 0.1) is 6.92 Å². The first kappa shape index (κ1) is 10.9. The second kappa shape index (κ2) is 4.10. The van der Waals surface area contributed by atoms with Crippen molar-refractivity contribution in [3.05, 3.63) is 41.7 Å². The molecule has 2 aromatic rings. The molecule has 2 N–H and O–H groups in total. The standard InChI is InChI=1S/C13H17N3/c1-9(14)11-5-4-6-12(7-11)13-8-16(3)15-10(13)2/h4-9H,14H2,1-3H3. The molecule has 16 heavy (non-hydrogen) atoms. The summed E-state index contributed by atoms with van der Waals surface area (Å²) in [6.07, 6.45) is 2.04. The Morgan fingerprint density at radius 1 is 1.38 bits per heavy atom. The van der Waals surface area contributed by atoms with Crippen molar-refractivity contribution < 1.29 is 0 Å². The molecule has 0 aliphatic carbocycles. The van der Waals surface area contributed by atoms with Crippen molar-refractivity contribution in [3.8, 4) is 11.1 Å². The van der Waals surface area contributed by atoms with Crippen LogP contribution < -0.4 is 5.73 Å². The number of nitrogens with two attached hydrogens (primary N) is 1. The fraction of sp³-hybridized carbons (Fsp3) is 0.308. The molecule has 0 amide bonds. The molecule has 1 aromatic carbocycles. The number of hydrogen-bond donors (Lipinski definition) is 1. The third-order valence-corrected chi connectivity index (χ3v) is 2.74. The van der Waals surface area contributed by atoms with Crippen molar-refractivity contribution in [2.45, 2.75) is 19.9 Å². The van der Waals surface area contributed by atoms with Gasteiger partial charge in [0, 0.05) is 24.8 Å². The Balaban J connectivity index is 2.48. The van der Waals surface area contributed by atoms with Gasteiger partial charge >= 0.3 is 0 Å². The minimum Gasteiger partial charge on any atom is -0.324 e. The van der Waals surface area contributed by atoms with Gasteiger partial charge in [-0.2, -0.15) is 5.10 Å². The van der Waals surface area contributed by atoms with Crippen LogP contribution in [0.3, 0.4) is 0 Å². The molecule has 2 rings (SSSR count). The molecule has 3 heteroatoms. The van der Waals surface area contributed by atoms with Gasteiger partial charge in [0.1, 0.15) is 0 Å². The molecule has 84 valence electrons. The second-order valence-electron chi connectivity index (χ2n) is 4.22. The predicted octanol–water partition coefficient (Wildman–Crippen LogP) is 2.42. The van der Waals surface area contributed by atoms with E-state index in [1.54, 1.807) is 0 Å². The lowest BCUT2D eigenvalue weighted by molar-refractivity contribution is 0.756. The zero-order chi connectivity index (χ0) is 11.7. The second-order valence-corrected chi connectivity index (χ2v) is 4.22. The van der Waals surface area contributed by atoms with E-state index in [1.165, 1.54) is 11.1 Å². The maximum atomic E-state index is 5.88. The zero-order valence-electron chi connectivity index (χ0n) is 9.94. The number of hydrogen-bond acceptors (Lipinski definition) is 2. The molecule has 0 fully saturated rings. The van der Waals surface area contributed by atoms with Gasteiger partial charge in [0.15, 0.2) is 0 Å². The van der Waals surface area contributed by atoms with E-state index in [0.29, 0.717) is 0 Å². The van der Waals surface area contributed by atoms with E-state index in [1.807, 2.05) is 37.8 Å². The normalized spacial score (nSPS) is 12.8. The Morgan fingerprint density at radius 2 is 2.12 bits per heavy atom. The molecule has 1 atom stereocenters. The van der Waals surface area contributed by atoms with Crippen LogP contribution >= 0.6 is 0 Å². The number of aryl methyl sites for hydroxylation is 2. The van der Waals surface area contributed by atoms with E-state index >= 15 is 0 Å². The molecular formula is C13H17N3. The highest BCUT2D eigenvalue weighted by Crippen LogP contribution is 2.24. The van der Waals surface area contributed by atoms with Crippen molar-refractivity contribution in [2.75, 3.05) is 0 Å². The first-order valence-electron chi connectivity index (χ1n) is 5.44. The lowest BCUT2D eigenvalue weighted by Crippen LogP contribution is -2.04. The highest BCUT2D eigenvalue weighted by molar-refractivity contribution is 5.65. The highest BCUT2D eigenvalue weighted by atomic mass is 15.2. The van der Waals surface area contributed by atoms with Crippen LogP contribution in [-0.4, -0.2) is 9.78 Å². The third kappa shape index (κ3) is 1.99. The SMILES string of the molecule is Cc1nn(C)cc1-c1cccc(C(C)N)c1. The summed E-state index contributed by atoms with van der Waals surface area (Å²) in [5.74, 6) is 0. The summed E-state index contributed by atoms with van der Waals surface area (Å²) in [7, 11) is 1.94. The van der Waals surface area contributed by atoms with Crippen LogP contribution in [0.25, 0.3) is 11.1 Å². The van der Waals surface area contributed by atoms with Crippen LogP contribution in [-0.2, 0) is 7.05 Å². The molecule has 0 spiro atoms. The lowest BCUT2D eigenvalue weighted by Gasteiger charge is -2.07. The molecule has 3 nitrogen and oxygen atoms in total. The van der Waals surface area contributed by atoms with Crippen molar-refractivity contribution >= 4 is 0 Å². The smallest absolute Gasteiger partial charge is 0.0671 e. The number of rotatable bonds is 2. The van der Waals surface area contributed by atoms with E-state index in [-0.39, 0.29) is 6.04 Å². The van der Waals surface area contributed by atoms with Gasteiger partial charge in [-0.1, -0.05) is 18.2 Å². The molecule has 0 saturated carbocycles. The van der Waals surface area contributed by atoms with Crippen LogP contribution in [0.1, 0.15) is 24.2 Å². The van der Waals surface area contributed by atoms with Crippen LogP contribution in [0.4, 0.5) is 0 Å². The number of aromatic nitrogens is 2. The Morgan fingerprint density at radius 3 is 2.69 bits per heavy atom. The fourth-order valence-electron chi connectivity index (χ4n) is 1.87. The minimum absolute atomic E-state index is 0.0666. The summed E-state index contributed by atoms with van der Waals surface area (Å²) in [4.78, 5) is 0. The van der Waals surface area contributed by atoms with E-state index in [2.05, 4.69) is 23.3 Å². The van der Waals surface area contributed by atoms with Crippen molar-refractivity contribution in [1.82, 2.24) is 9.78 Å². The monoisotopic (exact) mass is 215 g/mol. The van der Waals surface area contributed by atoms with Crippen LogP contribution in [0.2, 0.25) is 0 Å². The third-order valence-electron chi connectivity index (χ3n) is 2.74. The van der Waals surface area contributed by atoms with Gasteiger partial charge in [0.05, 0.1) is 5.69 Å². The van der Waals surface area contributed by atoms with Crippen molar-refractivity contribution in [1.29, 1.82) is 0 Å². The Kier molecular flexibility index (Phi) is 2.79. The van der Waals surface area contributed by atoms with Gasteiger partial charge in [-0.05, 0) is 31.0 Å². The van der Waals surface area contributed by atoms with Gasteiger partial charge in [0.25, 0.3) is 0 Å². The topological polar surface area (TPSA) is 43.8 Å². The highest BCUT2D eigenvalue weighted by Gasteiger charge is 2.07. The molecule has 0 radical (unpaired) electrons. The summed E-state index contributed by atoms with van der Waals surface area (Å²) >= 11 is 0. The average molecular weight is 215 g/mol. The molecule has 0 saturated heterocycles. The van der Waals surface area contributed by atoms with E-state index in [9.17, 15) is 0 Å². The van der Waals surface area contributed by atoms with Gasteiger partial charge in [-0.3, -0.25) is 4.68 Å². The predicted molar refractivity (Wildman–Crippen MR) is 66.0 cm³/mol. The Labute approximate surface area is 95.9 Å². The largest absolute Gasteiger partial charge is 0.324 e. The summed E-state index contributed by atoms with van der Waals surface area (Å²) in [5, 5.41) is 4.35. The quantitative estimate of drug-likeness (QED) is 0.836.